The van der Waals surface area contributed by atoms with Gasteiger partial charge in [0.05, 0.1) is 6.54 Å². The number of halogens is 1. The lowest BCUT2D eigenvalue weighted by atomic mass is 9.96. The summed E-state index contributed by atoms with van der Waals surface area (Å²) in [7, 11) is 1.97. The van der Waals surface area contributed by atoms with Crippen LogP contribution in [0.4, 0.5) is 20.8 Å². The number of anilines is 2. The number of aromatic nitrogens is 2. The van der Waals surface area contributed by atoms with Crippen LogP contribution in [-0.2, 0) is 0 Å². The Kier molecular flexibility index (Phi) is 7.04. The molecule has 2 N–H and O–H groups in total. The minimum Gasteiger partial charge on any atom is -0.489 e. The molecule has 1 aromatic carbocycles. The Balaban J connectivity index is 1.45. The Morgan fingerprint density at radius 2 is 2.10 bits per heavy atom. The molecule has 0 spiro atoms. The van der Waals surface area contributed by atoms with Gasteiger partial charge in [0.1, 0.15) is 24.6 Å². The van der Waals surface area contributed by atoms with E-state index in [0.717, 1.165) is 25.2 Å². The molecule has 1 aromatic heterocycles. The molecular formula is C20H26FN5O3. The van der Waals surface area contributed by atoms with Crippen molar-refractivity contribution in [1.82, 2.24) is 14.9 Å². The topological polar surface area (TPSA) is 90.8 Å². The van der Waals surface area contributed by atoms with Gasteiger partial charge >= 0.3 is 6.09 Å². The van der Waals surface area contributed by atoms with Gasteiger partial charge in [-0.1, -0.05) is 12.1 Å². The van der Waals surface area contributed by atoms with Gasteiger partial charge in [-0.05, 0) is 30.9 Å². The second-order valence-corrected chi connectivity index (χ2v) is 7.06. The molecule has 1 amide bonds. The molecule has 0 atom stereocenters. The molecule has 9 heteroatoms. The number of piperidine rings is 1. The number of rotatable bonds is 8. The predicted molar refractivity (Wildman–Crippen MR) is 108 cm³/mol. The highest BCUT2D eigenvalue weighted by molar-refractivity contribution is 5.65. The highest BCUT2D eigenvalue weighted by atomic mass is 19.1. The maximum absolute atomic E-state index is 13.5. The summed E-state index contributed by atoms with van der Waals surface area (Å²) < 4.78 is 19.0. The largest absolute Gasteiger partial charge is 0.489 e. The molecule has 0 saturated carbocycles. The standard InChI is InChI=1S/C20H26FN5O3/c1-25(13-15-6-9-26(10-7-15)20(27)28)19-12-18(23-14-24-19)22-8-11-29-17-5-3-2-4-16(17)21/h2-5,12,14-15H,6-11,13H2,1H3,(H,27,28)(H,22,23,24). The van der Waals surface area contributed by atoms with Crippen molar-refractivity contribution in [2.75, 3.05) is 50.1 Å². The number of nitrogens with zero attached hydrogens (tertiary/aromatic N) is 4. The quantitative estimate of drug-likeness (QED) is 0.655. The van der Waals surface area contributed by atoms with Gasteiger partial charge in [0, 0.05) is 32.7 Å². The monoisotopic (exact) mass is 403 g/mol. The molecule has 0 radical (unpaired) electrons. The third kappa shape index (κ3) is 5.94. The lowest BCUT2D eigenvalue weighted by molar-refractivity contribution is 0.125. The van der Waals surface area contributed by atoms with E-state index in [1.165, 1.54) is 17.3 Å². The number of ether oxygens (including phenoxy) is 1. The number of para-hydroxylation sites is 1. The van der Waals surface area contributed by atoms with Crippen molar-refractivity contribution >= 4 is 17.7 Å². The van der Waals surface area contributed by atoms with E-state index in [9.17, 15) is 9.18 Å². The minimum absolute atomic E-state index is 0.228. The summed E-state index contributed by atoms with van der Waals surface area (Å²) in [6.07, 6.45) is 2.35. The zero-order valence-corrected chi connectivity index (χ0v) is 16.4. The van der Waals surface area contributed by atoms with E-state index in [4.69, 9.17) is 9.84 Å². The van der Waals surface area contributed by atoms with E-state index >= 15 is 0 Å². The third-order valence-corrected chi connectivity index (χ3v) is 4.96. The fourth-order valence-corrected chi connectivity index (χ4v) is 3.34. The highest BCUT2D eigenvalue weighted by Crippen LogP contribution is 2.21. The van der Waals surface area contributed by atoms with Crippen LogP contribution < -0.4 is 15.0 Å². The molecule has 1 fully saturated rings. The van der Waals surface area contributed by atoms with Gasteiger partial charge in [0.2, 0.25) is 0 Å². The Morgan fingerprint density at radius 1 is 1.34 bits per heavy atom. The van der Waals surface area contributed by atoms with Crippen LogP contribution >= 0.6 is 0 Å². The molecule has 2 aromatic rings. The Morgan fingerprint density at radius 3 is 2.83 bits per heavy atom. The maximum Gasteiger partial charge on any atom is 0.407 e. The first-order valence-corrected chi connectivity index (χ1v) is 9.65. The first-order valence-electron chi connectivity index (χ1n) is 9.65. The SMILES string of the molecule is CN(CC1CCN(C(=O)O)CC1)c1cc(NCCOc2ccccc2F)ncn1. The summed E-state index contributed by atoms with van der Waals surface area (Å²) >= 11 is 0. The molecule has 1 saturated heterocycles. The van der Waals surface area contributed by atoms with Crippen molar-refractivity contribution in [1.29, 1.82) is 0 Å². The number of benzene rings is 1. The molecule has 0 unspecified atom stereocenters. The lowest BCUT2D eigenvalue weighted by Crippen LogP contribution is -2.40. The molecule has 1 aliphatic heterocycles. The Bertz CT molecular complexity index is 814. The van der Waals surface area contributed by atoms with Crippen molar-refractivity contribution < 1.29 is 19.0 Å². The van der Waals surface area contributed by atoms with Crippen LogP contribution in [-0.4, -0.2) is 65.9 Å². The smallest absolute Gasteiger partial charge is 0.407 e. The molecule has 3 rings (SSSR count). The van der Waals surface area contributed by atoms with Gasteiger partial charge in [0.25, 0.3) is 0 Å². The van der Waals surface area contributed by atoms with Gasteiger partial charge < -0.3 is 25.0 Å². The lowest BCUT2D eigenvalue weighted by Gasteiger charge is -2.32. The number of hydrogen-bond acceptors (Lipinski definition) is 6. The summed E-state index contributed by atoms with van der Waals surface area (Å²) in [5, 5.41) is 12.2. The predicted octanol–water partition coefficient (Wildman–Crippen LogP) is 2.93. The number of carbonyl (C=O) groups is 1. The van der Waals surface area contributed by atoms with Crippen LogP contribution in [0.1, 0.15) is 12.8 Å². The van der Waals surface area contributed by atoms with Gasteiger partial charge in [0.15, 0.2) is 11.6 Å². The van der Waals surface area contributed by atoms with Crippen LogP contribution in [0.25, 0.3) is 0 Å². The summed E-state index contributed by atoms with van der Waals surface area (Å²) in [5.41, 5.74) is 0. The van der Waals surface area contributed by atoms with Gasteiger partial charge in [-0.2, -0.15) is 0 Å². The molecule has 0 aliphatic carbocycles. The summed E-state index contributed by atoms with van der Waals surface area (Å²) in [4.78, 5) is 23.1. The fourth-order valence-electron chi connectivity index (χ4n) is 3.34. The zero-order chi connectivity index (χ0) is 20.6. The zero-order valence-electron chi connectivity index (χ0n) is 16.4. The molecule has 0 bridgehead atoms. The van der Waals surface area contributed by atoms with Crippen molar-refractivity contribution in [2.45, 2.75) is 12.8 Å². The molecule has 29 heavy (non-hydrogen) atoms. The first kappa shape index (κ1) is 20.6. The third-order valence-electron chi connectivity index (χ3n) is 4.96. The number of nitrogens with one attached hydrogen (secondary N) is 1. The van der Waals surface area contributed by atoms with E-state index in [1.54, 1.807) is 18.2 Å². The summed E-state index contributed by atoms with van der Waals surface area (Å²) in [6, 6.07) is 8.16. The minimum atomic E-state index is -0.845. The van der Waals surface area contributed by atoms with Crippen molar-refractivity contribution in [3.63, 3.8) is 0 Å². The van der Waals surface area contributed by atoms with E-state index in [1.807, 2.05) is 13.1 Å². The number of likely N-dealkylation sites (tertiary alicyclic amines) is 1. The second-order valence-electron chi connectivity index (χ2n) is 7.06. The number of hydrogen-bond donors (Lipinski definition) is 2. The van der Waals surface area contributed by atoms with E-state index < -0.39 is 6.09 Å². The Labute approximate surface area is 169 Å². The Hall–Kier alpha value is -3.10. The molecule has 2 heterocycles. The van der Waals surface area contributed by atoms with Gasteiger partial charge in [-0.15, -0.1) is 0 Å². The van der Waals surface area contributed by atoms with Gasteiger partial charge in [-0.25, -0.2) is 19.2 Å². The summed E-state index contributed by atoms with van der Waals surface area (Å²) in [5.74, 6) is 1.73. The van der Waals surface area contributed by atoms with Crippen LogP contribution in [0.15, 0.2) is 36.7 Å². The normalized spacial score (nSPS) is 14.5. The van der Waals surface area contributed by atoms with Crippen LogP contribution in [0, 0.1) is 11.7 Å². The maximum atomic E-state index is 13.5. The van der Waals surface area contributed by atoms with E-state index in [2.05, 4.69) is 20.2 Å². The fraction of sp³-hybridized carbons (Fsp3) is 0.450. The number of amides is 1. The molecule has 8 nitrogen and oxygen atoms in total. The number of carboxylic acid groups (broad SMARTS) is 1. The van der Waals surface area contributed by atoms with Crippen molar-refractivity contribution in [3.05, 3.63) is 42.5 Å². The van der Waals surface area contributed by atoms with E-state index in [0.29, 0.717) is 38.0 Å². The van der Waals surface area contributed by atoms with Crippen LogP contribution in [0.3, 0.4) is 0 Å². The molecule has 156 valence electrons. The van der Waals surface area contributed by atoms with Crippen LogP contribution in [0.2, 0.25) is 0 Å². The van der Waals surface area contributed by atoms with Crippen molar-refractivity contribution in [3.8, 4) is 5.75 Å². The van der Waals surface area contributed by atoms with E-state index in [-0.39, 0.29) is 11.6 Å². The average Bonchev–Trinajstić information content (AvgIpc) is 2.73. The van der Waals surface area contributed by atoms with Crippen molar-refractivity contribution in [2.24, 2.45) is 5.92 Å². The van der Waals surface area contributed by atoms with Crippen LogP contribution in [0.5, 0.6) is 5.75 Å². The molecule has 1 aliphatic rings. The second kappa shape index (κ2) is 9.90. The molecular weight excluding hydrogens is 377 g/mol. The van der Waals surface area contributed by atoms with Gasteiger partial charge in [-0.3, -0.25) is 0 Å². The summed E-state index contributed by atoms with van der Waals surface area (Å²) in [6.45, 7) is 2.74. The first-order chi connectivity index (χ1) is 14.0. The average molecular weight is 403 g/mol. The highest BCUT2D eigenvalue weighted by Gasteiger charge is 2.23.